The molecule has 0 unspecified atom stereocenters. The maximum absolute atomic E-state index is 11.8. The van der Waals surface area contributed by atoms with E-state index in [2.05, 4.69) is 15.9 Å². The van der Waals surface area contributed by atoms with E-state index in [0.717, 1.165) is 15.1 Å². The highest BCUT2D eigenvalue weighted by Gasteiger charge is 2.10. The lowest BCUT2D eigenvalue weighted by atomic mass is 10.1. The fourth-order valence-electron chi connectivity index (χ4n) is 1.30. The Labute approximate surface area is 100 Å². The maximum Gasteiger partial charge on any atom is 0.171 e. The molecule has 0 radical (unpaired) electrons. The number of Topliss-reactive ketones (excluding diaryl/α,β-unsaturated/α-hetero) is 1. The van der Waals surface area contributed by atoms with Gasteiger partial charge in [-0.2, -0.15) is 0 Å². The normalized spacial score (nSPS) is 10.5. The Hall–Kier alpha value is -0.870. The van der Waals surface area contributed by atoms with Crippen molar-refractivity contribution in [2.24, 2.45) is 0 Å². The van der Waals surface area contributed by atoms with E-state index < -0.39 is 0 Å². The molecule has 0 aliphatic heterocycles. The van der Waals surface area contributed by atoms with Crippen LogP contribution in [0.4, 0.5) is 0 Å². The Morgan fingerprint density at radius 3 is 2.87 bits per heavy atom. The van der Waals surface area contributed by atoms with Crippen molar-refractivity contribution < 1.29 is 9.21 Å². The molecular weight excluding hydrogens is 276 g/mol. The summed E-state index contributed by atoms with van der Waals surface area (Å²) in [5.74, 6) is 0.868. The summed E-state index contributed by atoms with van der Waals surface area (Å²) in [6.07, 6.45) is 1.95. The van der Waals surface area contributed by atoms with Crippen molar-refractivity contribution >= 4 is 33.0 Å². The molecule has 0 spiro atoms. The van der Waals surface area contributed by atoms with Crippen LogP contribution < -0.4 is 0 Å². The van der Waals surface area contributed by atoms with E-state index in [0.29, 0.717) is 12.0 Å². The average Bonchev–Trinajstić information content (AvgIpc) is 2.75. The molecule has 0 bridgehead atoms. The number of carbonyl (C=O) groups is 1. The minimum atomic E-state index is 0.0983. The van der Waals surface area contributed by atoms with Crippen molar-refractivity contribution in [3.63, 3.8) is 0 Å². The van der Waals surface area contributed by atoms with Gasteiger partial charge in [0.15, 0.2) is 5.78 Å². The van der Waals surface area contributed by atoms with Gasteiger partial charge in [0.2, 0.25) is 0 Å². The van der Waals surface area contributed by atoms with Crippen molar-refractivity contribution in [2.75, 3.05) is 0 Å². The molecule has 0 N–H and O–H groups in total. The van der Waals surface area contributed by atoms with Crippen molar-refractivity contribution in [2.45, 2.75) is 13.3 Å². The van der Waals surface area contributed by atoms with Crippen LogP contribution in [0.2, 0.25) is 0 Å². The minimum Gasteiger partial charge on any atom is -0.469 e. The summed E-state index contributed by atoms with van der Waals surface area (Å²) >= 11 is 4.94. The molecule has 0 aliphatic carbocycles. The number of hydrogen-bond acceptors (Lipinski definition) is 3. The summed E-state index contributed by atoms with van der Waals surface area (Å²) in [4.78, 5) is 12.8. The largest absolute Gasteiger partial charge is 0.469 e. The molecule has 2 rings (SSSR count). The average molecular weight is 285 g/mol. The van der Waals surface area contributed by atoms with Crippen LogP contribution in [0.5, 0.6) is 0 Å². The lowest BCUT2D eigenvalue weighted by molar-refractivity contribution is 0.0993. The second kappa shape index (κ2) is 4.33. The van der Waals surface area contributed by atoms with Crippen LogP contribution >= 0.6 is 27.3 Å². The molecule has 0 atom stereocenters. The van der Waals surface area contributed by atoms with E-state index in [1.54, 1.807) is 17.4 Å². The van der Waals surface area contributed by atoms with Gasteiger partial charge < -0.3 is 4.42 Å². The molecule has 0 aliphatic rings. The number of aryl methyl sites for hydroxylation is 1. The third-order valence-electron chi connectivity index (χ3n) is 2.01. The quantitative estimate of drug-likeness (QED) is 0.802. The zero-order chi connectivity index (χ0) is 10.8. The predicted molar refractivity (Wildman–Crippen MR) is 63.5 cm³/mol. The smallest absolute Gasteiger partial charge is 0.171 e. The molecule has 0 saturated heterocycles. The standard InChI is InChI=1S/C11H9BrO2S/c1-7-2-8(5-14-7)11(13)4-10-3-9(12)6-15-10/h2-3,5-6H,4H2,1H3. The molecule has 2 heterocycles. The molecule has 0 aromatic carbocycles. The summed E-state index contributed by atoms with van der Waals surface area (Å²) in [5, 5.41) is 1.98. The van der Waals surface area contributed by atoms with E-state index >= 15 is 0 Å². The van der Waals surface area contributed by atoms with Gasteiger partial charge in [-0.15, -0.1) is 11.3 Å². The summed E-state index contributed by atoms with van der Waals surface area (Å²) in [6, 6.07) is 3.74. The Morgan fingerprint density at radius 2 is 2.33 bits per heavy atom. The first-order valence-electron chi connectivity index (χ1n) is 4.46. The first-order valence-corrected chi connectivity index (χ1v) is 6.13. The van der Waals surface area contributed by atoms with Crippen LogP contribution in [-0.2, 0) is 6.42 Å². The van der Waals surface area contributed by atoms with Crippen LogP contribution in [0.15, 0.2) is 32.7 Å². The third-order valence-corrected chi connectivity index (χ3v) is 3.71. The third kappa shape index (κ3) is 2.58. The highest BCUT2D eigenvalue weighted by molar-refractivity contribution is 9.10. The van der Waals surface area contributed by atoms with E-state index in [9.17, 15) is 4.79 Å². The summed E-state index contributed by atoms with van der Waals surface area (Å²) in [7, 11) is 0. The molecule has 15 heavy (non-hydrogen) atoms. The van der Waals surface area contributed by atoms with Crippen molar-refractivity contribution in [1.29, 1.82) is 0 Å². The first kappa shape index (κ1) is 10.6. The van der Waals surface area contributed by atoms with Crippen molar-refractivity contribution in [3.05, 3.63) is 44.4 Å². The summed E-state index contributed by atoms with van der Waals surface area (Å²) in [5.41, 5.74) is 0.650. The predicted octanol–water partition coefficient (Wildman–Crippen LogP) is 3.84. The maximum atomic E-state index is 11.8. The number of hydrogen-bond donors (Lipinski definition) is 0. The topological polar surface area (TPSA) is 30.2 Å². The monoisotopic (exact) mass is 284 g/mol. The zero-order valence-corrected chi connectivity index (χ0v) is 10.5. The number of carbonyl (C=O) groups excluding carboxylic acids is 1. The number of ketones is 1. The van der Waals surface area contributed by atoms with Gasteiger partial charge in [-0.05, 0) is 35.0 Å². The van der Waals surface area contributed by atoms with Crippen molar-refractivity contribution in [1.82, 2.24) is 0 Å². The van der Waals surface area contributed by atoms with E-state index in [1.807, 2.05) is 18.4 Å². The number of thiophene rings is 1. The van der Waals surface area contributed by atoms with Gasteiger partial charge in [-0.3, -0.25) is 4.79 Å². The van der Waals surface area contributed by atoms with Gasteiger partial charge in [0, 0.05) is 21.2 Å². The van der Waals surface area contributed by atoms with E-state index in [4.69, 9.17) is 4.42 Å². The molecule has 4 heteroatoms. The van der Waals surface area contributed by atoms with Crippen LogP contribution in [0.3, 0.4) is 0 Å². The lowest BCUT2D eigenvalue weighted by Gasteiger charge is -1.93. The molecule has 0 amide bonds. The van der Waals surface area contributed by atoms with Crippen LogP contribution in [0, 0.1) is 6.92 Å². The highest BCUT2D eigenvalue weighted by atomic mass is 79.9. The second-order valence-electron chi connectivity index (χ2n) is 3.28. The van der Waals surface area contributed by atoms with Crippen LogP contribution in [-0.4, -0.2) is 5.78 Å². The number of rotatable bonds is 3. The van der Waals surface area contributed by atoms with Gasteiger partial charge in [0.05, 0.1) is 5.56 Å². The fourth-order valence-corrected chi connectivity index (χ4v) is 2.75. The first-order chi connectivity index (χ1) is 7.15. The van der Waals surface area contributed by atoms with Crippen molar-refractivity contribution in [3.8, 4) is 0 Å². The van der Waals surface area contributed by atoms with E-state index in [1.165, 1.54) is 6.26 Å². The van der Waals surface area contributed by atoms with Gasteiger partial charge in [-0.1, -0.05) is 0 Å². The van der Waals surface area contributed by atoms with E-state index in [-0.39, 0.29) is 5.78 Å². The lowest BCUT2D eigenvalue weighted by Crippen LogP contribution is -2.00. The second-order valence-corrected chi connectivity index (χ2v) is 5.19. The van der Waals surface area contributed by atoms with Crippen LogP contribution in [0.25, 0.3) is 0 Å². The minimum absolute atomic E-state index is 0.0983. The Morgan fingerprint density at radius 1 is 1.53 bits per heavy atom. The Bertz CT molecular complexity index is 484. The molecule has 0 fully saturated rings. The molecule has 2 aromatic rings. The van der Waals surface area contributed by atoms with Crippen LogP contribution in [0.1, 0.15) is 21.0 Å². The molecule has 78 valence electrons. The molecule has 0 saturated carbocycles. The SMILES string of the molecule is Cc1cc(C(=O)Cc2cc(Br)cs2)co1. The van der Waals surface area contributed by atoms with Gasteiger partial charge in [0.25, 0.3) is 0 Å². The fraction of sp³-hybridized carbons (Fsp3) is 0.182. The van der Waals surface area contributed by atoms with Gasteiger partial charge in [0.1, 0.15) is 12.0 Å². The molecular formula is C11H9BrO2S. The van der Waals surface area contributed by atoms with Gasteiger partial charge in [-0.25, -0.2) is 0 Å². The van der Waals surface area contributed by atoms with Gasteiger partial charge >= 0.3 is 0 Å². The molecule has 2 aromatic heterocycles. The molecule has 2 nitrogen and oxygen atoms in total. The summed E-state index contributed by atoms with van der Waals surface area (Å²) in [6.45, 7) is 1.83. The summed E-state index contributed by atoms with van der Waals surface area (Å²) < 4.78 is 6.13. The Balaban J connectivity index is 2.10. The number of halogens is 1. The Kier molecular flexibility index (Phi) is 3.07. The number of furan rings is 1. The zero-order valence-electron chi connectivity index (χ0n) is 8.12. The highest BCUT2D eigenvalue weighted by Crippen LogP contribution is 2.21.